The molecule has 0 aliphatic carbocycles. The van der Waals surface area contributed by atoms with Crippen molar-refractivity contribution >= 4 is 59.5 Å². The average Bonchev–Trinajstić information content (AvgIpc) is 3.03. The first kappa shape index (κ1) is 45.0. The van der Waals surface area contributed by atoms with Crippen molar-refractivity contribution in [3.8, 4) is 0 Å². The van der Waals surface area contributed by atoms with Crippen molar-refractivity contribution in [1.29, 1.82) is 0 Å². The summed E-state index contributed by atoms with van der Waals surface area (Å²) in [7, 11) is 8.73. The summed E-state index contributed by atoms with van der Waals surface area (Å²) in [5.41, 5.74) is 5.19. The van der Waals surface area contributed by atoms with Gasteiger partial charge in [0.25, 0.3) is 0 Å². The van der Waals surface area contributed by atoms with Crippen LogP contribution in [0.5, 0.6) is 0 Å². The molecule has 0 aliphatic rings. The summed E-state index contributed by atoms with van der Waals surface area (Å²) in [6.45, 7) is 1.92. The normalized spacial score (nSPS) is 9.77. The van der Waals surface area contributed by atoms with Crippen molar-refractivity contribution in [2.75, 3.05) is 108 Å². The molecule has 0 aliphatic heterocycles. The zero-order valence-electron chi connectivity index (χ0n) is 29.0. The molecule has 0 aromatic carbocycles. The van der Waals surface area contributed by atoms with Crippen LogP contribution in [-0.4, -0.2) is 197 Å². The number of nitrogens with zero attached hydrogens (tertiary/aromatic N) is 6. The Hall–Kier alpha value is -5.14. The lowest BCUT2D eigenvalue weighted by molar-refractivity contribution is -0.140. The Morgan fingerprint density at radius 2 is 0.875 bits per heavy atom. The molecule has 0 saturated carbocycles. The number of ketones is 1. The molecule has 0 radical (unpaired) electrons. The molecule has 0 fully saturated rings. The Balaban J connectivity index is 0. The van der Waals surface area contributed by atoms with Gasteiger partial charge in [-0.1, -0.05) is 0 Å². The second kappa shape index (κ2) is 24.1. The van der Waals surface area contributed by atoms with E-state index in [2.05, 4.69) is 16.0 Å². The third-order valence-electron chi connectivity index (χ3n) is 6.27. The minimum absolute atomic E-state index is 0.113. The largest absolute Gasteiger partial charge is 0.347 e. The van der Waals surface area contributed by atoms with Crippen LogP contribution in [-0.2, 0) is 47.9 Å². The van der Waals surface area contributed by atoms with E-state index in [1.54, 1.807) is 7.05 Å². The molecule has 48 heavy (non-hydrogen) atoms. The van der Waals surface area contributed by atoms with E-state index >= 15 is 0 Å². The molecule has 0 rings (SSSR count). The molecular weight excluding hydrogens is 636 g/mol. The van der Waals surface area contributed by atoms with Gasteiger partial charge in [0.2, 0.25) is 53.7 Å². The number of rotatable bonds is 19. The van der Waals surface area contributed by atoms with Gasteiger partial charge in [0, 0.05) is 48.8 Å². The lowest BCUT2D eigenvalue weighted by atomic mass is 10.4. The lowest BCUT2D eigenvalue weighted by Crippen LogP contribution is -2.46. The maximum Gasteiger partial charge on any atom is 0.242 e. The van der Waals surface area contributed by atoms with Crippen LogP contribution in [0, 0.1) is 0 Å². The van der Waals surface area contributed by atoms with Gasteiger partial charge in [-0.25, -0.2) is 0 Å². The topological polar surface area (TPSA) is 252 Å². The van der Waals surface area contributed by atoms with Crippen LogP contribution < -0.4 is 21.7 Å². The maximum absolute atomic E-state index is 12.0. The lowest BCUT2D eigenvalue weighted by Gasteiger charge is -2.22. The van der Waals surface area contributed by atoms with E-state index in [1.807, 2.05) is 6.92 Å². The Morgan fingerprint density at radius 1 is 0.521 bits per heavy atom. The van der Waals surface area contributed by atoms with E-state index in [1.165, 1.54) is 56.9 Å². The number of carbonyl (C=O) groups is 10. The van der Waals surface area contributed by atoms with Crippen LogP contribution >= 0.6 is 0 Å². The second-order valence-electron chi connectivity index (χ2n) is 10.7. The Labute approximate surface area is 280 Å². The van der Waals surface area contributed by atoms with Gasteiger partial charge in [-0.2, -0.15) is 0 Å². The molecule has 0 saturated heterocycles. The second-order valence-corrected chi connectivity index (χ2v) is 10.7. The van der Waals surface area contributed by atoms with Crippen LogP contribution in [0.2, 0.25) is 0 Å². The number of nitrogens with one attached hydrogen (secondary N) is 3. The van der Waals surface area contributed by atoms with Crippen molar-refractivity contribution in [3.05, 3.63) is 0 Å². The third-order valence-corrected chi connectivity index (χ3v) is 6.27. The molecule has 0 atom stereocenters. The fourth-order valence-corrected chi connectivity index (χ4v) is 3.04. The van der Waals surface area contributed by atoms with E-state index in [9.17, 15) is 47.9 Å². The van der Waals surface area contributed by atoms with Crippen molar-refractivity contribution < 1.29 is 47.9 Å². The van der Waals surface area contributed by atoms with Crippen LogP contribution in [0.25, 0.3) is 0 Å². The van der Waals surface area contributed by atoms with Gasteiger partial charge in [0.15, 0.2) is 0 Å². The van der Waals surface area contributed by atoms with Crippen molar-refractivity contribution in [1.82, 2.24) is 45.3 Å². The van der Waals surface area contributed by atoms with E-state index in [0.717, 1.165) is 14.7 Å². The fourth-order valence-electron chi connectivity index (χ4n) is 3.04. The first-order valence-corrected chi connectivity index (χ1v) is 14.6. The summed E-state index contributed by atoms with van der Waals surface area (Å²) >= 11 is 0. The predicted octanol–water partition coefficient (Wildman–Crippen LogP) is -5.73. The molecule has 0 aromatic heterocycles. The monoisotopic (exact) mass is 686 g/mol. The molecular formula is C28H50N10O10. The number of likely N-dealkylation sites (N-methyl/N-ethyl adjacent to an activating group) is 6. The zero-order chi connectivity index (χ0) is 37.6. The summed E-state index contributed by atoms with van der Waals surface area (Å²) in [4.78, 5) is 122. The quantitative estimate of drug-likeness (QED) is 0.0932. The van der Waals surface area contributed by atoms with E-state index < -0.39 is 35.4 Å². The van der Waals surface area contributed by atoms with E-state index in [-0.39, 0.29) is 76.5 Å². The average molecular weight is 687 g/mol. The Kier molecular flexibility index (Phi) is 22.6. The number of hydrogen-bond donors (Lipinski definition) is 4. The highest BCUT2D eigenvalue weighted by atomic mass is 16.2. The summed E-state index contributed by atoms with van der Waals surface area (Å²) in [5.74, 6) is -3.60. The van der Waals surface area contributed by atoms with Crippen molar-refractivity contribution in [3.63, 3.8) is 0 Å². The van der Waals surface area contributed by atoms with Crippen LogP contribution in [0.4, 0.5) is 0 Å². The highest BCUT2D eigenvalue weighted by Gasteiger charge is 2.20. The number of hydrogen-bond acceptors (Lipinski definition) is 11. The molecule has 0 spiro atoms. The van der Waals surface area contributed by atoms with Gasteiger partial charge < -0.3 is 51.1 Å². The van der Waals surface area contributed by atoms with Gasteiger partial charge >= 0.3 is 0 Å². The molecule has 0 bridgehead atoms. The summed E-state index contributed by atoms with van der Waals surface area (Å²) in [6, 6.07) is 0. The number of carbonyl (C=O) groups excluding carboxylic acids is 10. The fraction of sp³-hybridized carbons (Fsp3) is 0.643. The van der Waals surface area contributed by atoms with Crippen LogP contribution in [0.3, 0.4) is 0 Å². The smallest absolute Gasteiger partial charge is 0.242 e. The number of amides is 9. The van der Waals surface area contributed by atoms with E-state index in [4.69, 9.17) is 5.73 Å². The van der Waals surface area contributed by atoms with Crippen molar-refractivity contribution in [2.45, 2.75) is 13.8 Å². The number of Topliss-reactive ketones (excluding diaryl/α,β-unsaturated/α-hetero) is 1. The van der Waals surface area contributed by atoms with Gasteiger partial charge in [0.05, 0.1) is 58.9 Å². The van der Waals surface area contributed by atoms with Gasteiger partial charge in [-0.3, -0.25) is 47.9 Å². The molecule has 9 amide bonds. The SMILES string of the molecule is CC(=O)CNC(=O)CN(C)C(=O)CN(C)C(=O)CNC(=O)CN(C)C=O.CCN(C)C(=O)CNC(=O)CN(C)C(=O)CN(C)C(=O)CN. The predicted molar refractivity (Wildman–Crippen MR) is 171 cm³/mol. The van der Waals surface area contributed by atoms with Crippen molar-refractivity contribution in [2.24, 2.45) is 5.73 Å². The van der Waals surface area contributed by atoms with Crippen LogP contribution in [0.15, 0.2) is 0 Å². The molecule has 5 N–H and O–H groups in total. The first-order valence-electron chi connectivity index (χ1n) is 14.6. The summed E-state index contributed by atoms with van der Waals surface area (Å²) in [5, 5.41) is 7.14. The molecule has 20 heteroatoms. The molecule has 0 aromatic rings. The van der Waals surface area contributed by atoms with E-state index in [0.29, 0.717) is 13.0 Å². The molecule has 272 valence electrons. The van der Waals surface area contributed by atoms with Gasteiger partial charge in [-0.05, 0) is 13.8 Å². The number of nitrogens with two attached hydrogens (primary N) is 1. The van der Waals surface area contributed by atoms with Gasteiger partial charge in [0.1, 0.15) is 5.78 Å². The summed E-state index contributed by atoms with van der Waals surface area (Å²) < 4.78 is 0. The zero-order valence-corrected chi connectivity index (χ0v) is 29.0. The minimum atomic E-state index is -0.507. The Bertz CT molecular complexity index is 1170. The molecule has 0 heterocycles. The van der Waals surface area contributed by atoms with Gasteiger partial charge in [-0.15, -0.1) is 0 Å². The minimum Gasteiger partial charge on any atom is -0.347 e. The highest BCUT2D eigenvalue weighted by Crippen LogP contribution is 1.92. The standard InChI is InChI=1S/C15H25N5O6.C13H25N5O4/c1-11(22)5-16-13(24)8-19(3)15(26)9-20(4)14(25)6-17-12(23)7-18(2)10-21;1-5-16(2)12(21)7-15-10(19)8-17(3)13(22)9-18(4)11(20)6-14/h10H,5-9H2,1-4H3,(H,16,24)(H,17,23);5-9,14H2,1-4H3,(H,15,19). The third kappa shape index (κ3) is 20.8. The first-order chi connectivity index (χ1) is 22.3. The molecule has 20 nitrogen and oxygen atoms in total. The molecule has 0 unspecified atom stereocenters. The maximum atomic E-state index is 12.0. The van der Waals surface area contributed by atoms with Crippen LogP contribution in [0.1, 0.15) is 13.8 Å². The summed E-state index contributed by atoms with van der Waals surface area (Å²) in [6.07, 6.45) is 0.481. The Morgan fingerprint density at radius 3 is 1.25 bits per heavy atom. The highest BCUT2D eigenvalue weighted by molar-refractivity contribution is 5.92.